The molecule has 3 N–H and O–H groups in total. The molecule has 1 aliphatic rings. The number of thiophene rings is 1. The van der Waals surface area contributed by atoms with Gasteiger partial charge < -0.3 is 15.4 Å². The van der Waals surface area contributed by atoms with Gasteiger partial charge in [-0.1, -0.05) is 0 Å². The standard InChI is InChI=1S/C11H19N3O3S2/c1-14-2-3-17-10(7-14)6-13-19(15,16)11-4-9(5-12)8-18-11/h4,8,10,13H,2-3,5-7,12H2,1H3. The van der Waals surface area contributed by atoms with Crippen molar-refractivity contribution < 1.29 is 13.2 Å². The summed E-state index contributed by atoms with van der Waals surface area (Å²) in [6.45, 7) is 2.90. The Morgan fingerprint density at radius 1 is 1.63 bits per heavy atom. The quantitative estimate of drug-likeness (QED) is 0.788. The molecule has 0 saturated carbocycles. The van der Waals surface area contributed by atoms with E-state index in [1.807, 2.05) is 7.05 Å². The number of morpholine rings is 1. The molecule has 0 aromatic carbocycles. The molecule has 8 heteroatoms. The van der Waals surface area contributed by atoms with Crippen LogP contribution in [0, 0.1) is 0 Å². The van der Waals surface area contributed by atoms with E-state index in [0.717, 1.165) is 18.7 Å². The molecule has 1 atom stereocenters. The number of rotatable bonds is 5. The monoisotopic (exact) mass is 305 g/mol. The molecule has 1 saturated heterocycles. The van der Waals surface area contributed by atoms with Crippen molar-refractivity contribution in [3.8, 4) is 0 Å². The maximum absolute atomic E-state index is 12.1. The van der Waals surface area contributed by atoms with E-state index in [1.165, 1.54) is 11.3 Å². The molecule has 1 aliphatic heterocycles. The Morgan fingerprint density at radius 2 is 2.42 bits per heavy atom. The van der Waals surface area contributed by atoms with Crippen molar-refractivity contribution in [2.24, 2.45) is 5.73 Å². The molecule has 19 heavy (non-hydrogen) atoms. The molecular weight excluding hydrogens is 286 g/mol. The summed E-state index contributed by atoms with van der Waals surface area (Å²) in [5.74, 6) is 0. The van der Waals surface area contributed by atoms with Gasteiger partial charge in [0.2, 0.25) is 10.0 Å². The number of likely N-dealkylation sites (N-methyl/N-ethyl adjacent to an activating group) is 1. The lowest BCUT2D eigenvalue weighted by Crippen LogP contribution is -2.45. The Bertz CT molecular complexity index is 515. The number of ether oxygens (including phenoxy) is 1. The third-order valence-corrected chi connectivity index (χ3v) is 5.89. The number of nitrogens with one attached hydrogen (secondary N) is 1. The summed E-state index contributed by atoms with van der Waals surface area (Å²) >= 11 is 1.19. The van der Waals surface area contributed by atoms with E-state index in [1.54, 1.807) is 11.4 Å². The first-order valence-corrected chi connectivity index (χ1v) is 8.45. The number of nitrogens with zero attached hydrogens (tertiary/aromatic N) is 1. The van der Waals surface area contributed by atoms with Gasteiger partial charge in [0.1, 0.15) is 4.21 Å². The Hall–Kier alpha value is -0.510. The van der Waals surface area contributed by atoms with Crippen LogP contribution in [0.2, 0.25) is 0 Å². The summed E-state index contributed by atoms with van der Waals surface area (Å²) in [6, 6.07) is 1.61. The Balaban J connectivity index is 1.93. The van der Waals surface area contributed by atoms with E-state index >= 15 is 0 Å². The molecule has 2 rings (SSSR count). The second kappa shape index (κ2) is 6.29. The lowest BCUT2D eigenvalue weighted by atomic mass is 10.3. The normalized spacial score (nSPS) is 21.7. The minimum absolute atomic E-state index is 0.0949. The number of hydrogen-bond acceptors (Lipinski definition) is 6. The van der Waals surface area contributed by atoms with Crippen LogP contribution in [-0.4, -0.2) is 52.7 Å². The molecule has 0 aliphatic carbocycles. The van der Waals surface area contributed by atoms with Gasteiger partial charge in [0, 0.05) is 26.2 Å². The van der Waals surface area contributed by atoms with Crippen molar-refractivity contribution >= 4 is 21.4 Å². The fourth-order valence-electron chi connectivity index (χ4n) is 1.87. The Kier molecular flexibility index (Phi) is 4.93. The summed E-state index contributed by atoms with van der Waals surface area (Å²) in [4.78, 5) is 2.13. The molecule has 1 aromatic heterocycles. The summed E-state index contributed by atoms with van der Waals surface area (Å²) < 4.78 is 32.6. The number of nitrogens with two attached hydrogens (primary N) is 1. The van der Waals surface area contributed by atoms with Crippen molar-refractivity contribution in [1.82, 2.24) is 9.62 Å². The van der Waals surface area contributed by atoms with Crippen LogP contribution in [0.25, 0.3) is 0 Å². The van der Waals surface area contributed by atoms with E-state index in [2.05, 4.69) is 9.62 Å². The van der Waals surface area contributed by atoms with Gasteiger partial charge in [0.15, 0.2) is 0 Å². The van der Waals surface area contributed by atoms with Crippen LogP contribution in [0.3, 0.4) is 0 Å². The predicted molar refractivity (Wildman–Crippen MR) is 74.6 cm³/mol. The maximum Gasteiger partial charge on any atom is 0.250 e. The second-order valence-electron chi connectivity index (χ2n) is 4.59. The largest absolute Gasteiger partial charge is 0.374 e. The van der Waals surface area contributed by atoms with Gasteiger partial charge in [0.05, 0.1) is 12.7 Å². The predicted octanol–water partition coefficient (Wildman–Crippen LogP) is -0.184. The fraction of sp³-hybridized carbons (Fsp3) is 0.636. The van der Waals surface area contributed by atoms with E-state index in [4.69, 9.17) is 10.5 Å². The zero-order chi connectivity index (χ0) is 13.9. The first-order chi connectivity index (χ1) is 9.01. The molecule has 0 bridgehead atoms. The van der Waals surface area contributed by atoms with Gasteiger partial charge in [-0.2, -0.15) is 0 Å². The van der Waals surface area contributed by atoms with Gasteiger partial charge in [-0.05, 0) is 24.1 Å². The van der Waals surface area contributed by atoms with Crippen LogP contribution in [0.15, 0.2) is 15.7 Å². The third kappa shape index (κ3) is 3.98. The summed E-state index contributed by atoms with van der Waals surface area (Å²) in [7, 11) is -1.46. The van der Waals surface area contributed by atoms with Crippen molar-refractivity contribution in [3.05, 3.63) is 17.0 Å². The van der Waals surface area contributed by atoms with E-state index in [-0.39, 0.29) is 6.10 Å². The summed E-state index contributed by atoms with van der Waals surface area (Å²) in [5.41, 5.74) is 6.31. The minimum Gasteiger partial charge on any atom is -0.374 e. The topological polar surface area (TPSA) is 84.7 Å². The Morgan fingerprint density at radius 3 is 3.05 bits per heavy atom. The SMILES string of the molecule is CN1CCOC(CNS(=O)(=O)c2cc(CN)cs2)C1. The molecule has 108 valence electrons. The average molecular weight is 305 g/mol. The smallest absolute Gasteiger partial charge is 0.250 e. The van der Waals surface area contributed by atoms with E-state index in [9.17, 15) is 8.42 Å². The number of hydrogen-bond donors (Lipinski definition) is 2. The van der Waals surface area contributed by atoms with Crippen LogP contribution >= 0.6 is 11.3 Å². The van der Waals surface area contributed by atoms with E-state index in [0.29, 0.717) is 23.9 Å². The first kappa shape index (κ1) is 14.9. The van der Waals surface area contributed by atoms with Crippen molar-refractivity contribution in [2.45, 2.75) is 16.9 Å². The van der Waals surface area contributed by atoms with Gasteiger partial charge >= 0.3 is 0 Å². The van der Waals surface area contributed by atoms with Crippen LogP contribution in [0.1, 0.15) is 5.56 Å². The molecular formula is C11H19N3O3S2. The first-order valence-electron chi connectivity index (χ1n) is 6.08. The highest BCUT2D eigenvalue weighted by atomic mass is 32.2. The van der Waals surface area contributed by atoms with Gasteiger partial charge in [0.25, 0.3) is 0 Å². The third-order valence-electron chi connectivity index (χ3n) is 2.97. The number of sulfonamides is 1. The molecule has 1 unspecified atom stereocenters. The zero-order valence-electron chi connectivity index (χ0n) is 10.8. The lowest BCUT2D eigenvalue weighted by molar-refractivity contribution is -0.0156. The van der Waals surface area contributed by atoms with Crippen molar-refractivity contribution in [1.29, 1.82) is 0 Å². The molecule has 1 aromatic rings. The average Bonchev–Trinajstić information content (AvgIpc) is 2.86. The lowest BCUT2D eigenvalue weighted by Gasteiger charge is -2.29. The van der Waals surface area contributed by atoms with Crippen LogP contribution in [0.4, 0.5) is 0 Å². The van der Waals surface area contributed by atoms with Crippen molar-refractivity contribution in [2.75, 3.05) is 33.3 Å². The molecule has 2 heterocycles. The van der Waals surface area contributed by atoms with Crippen molar-refractivity contribution in [3.63, 3.8) is 0 Å². The molecule has 6 nitrogen and oxygen atoms in total. The summed E-state index contributed by atoms with van der Waals surface area (Å²) in [5, 5.41) is 1.76. The Labute approximate surface area is 117 Å². The molecule has 1 fully saturated rings. The molecule has 0 spiro atoms. The molecule has 0 radical (unpaired) electrons. The minimum atomic E-state index is -3.45. The maximum atomic E-state index is 12.1. The van der Waals surface area contributed by atoms with E-state index < -0.39 is 10.0 Å². The van der Waals surface area contributed by atoms with Gasteiger partial charge in [-0.25, -0.2) is 13.1 Å². The van der Waals surface area contributed by atoms with Crippen LogP contribution in [-0.2, 0) is 21.3 Å². The highest BCUT2D eigenvalue weighted by molar-refractivity contribution is 7.91. The van der Waals surface area contributed by atoms with Crippen LogP contribution < -0.4 is 10.5 Å². The molecule has 0 amide bonds. The van der Waals surface area contributed by atoms with Crippen LogP contribution in [0.5, 0.6) is 0 Å². The highest BCUT2D eigenvalue weighted by Gasteiger charge is 2.22. The second-order valence-corrected chi connectivity index (χ2v) is 7.49. The highest BCUT2D eigenvalue weighted by Crippen LogP contribution is 2.19. The van der Waals surface area contributed by atoms with Gasteiger partial charge in [-0.15, -0.1) is 11.3 Å². The summed E-state index contributed by atoms with van der Waals surface area (Å²) in [6.07, 6.45) is -0.0949. The zero-order valence-corrected chi connectivity index (χ0v) is 12.5. The van der Waals surface area contributed by atoms with Gasteiger partial charge in [-0.3, -0.25) is 0 Å². The fourth-order valence-corrected chi connectivity index (χ4v) is 4.20.